The zero-order chi connectivity index (χ0) is 26.9. The number of Topliss-reactive ketones (excluding diaryl/α,β-unsaturated/α-hetero) is 1. The van der Waals surface area contributed by atoms with Gasteiger partial charge in [0.25, 0.3) is 5.91 Å². The molecular weight excluding hydrogens is 480 g/mol. The molecule has 4 heterocycles. The Labute approximate surface area is 228 Å². The van der Waals surface area contributed by atoms with Gasteiger partial charge < -0.3 is 24.3 Å². The van der Waals surface area contributed by atoms with Gasteiger partial charge in [0, 0.05) is 50.7 Å². The van der Waals surface area contributed by atoms with Gasteiger partial charge in [-0.1, -0.05) is 0 Å². The van der Waals surface area contributed by atoms with Crippen LogP contribution in [0.1, 0.15) is 75.6 Å². The third-order valence-electron chi connectivity index (χ3n) is 8.66. The fourth-order valence-corrected chi connectivity index (χ4v) is 6.26. The highest BCUT2D eigenvalue weighted by Crippen LogP contribution is 2.22. The lowest BCUT2D eigenvalue weighted by Gasteiger charge is -2.36. The monoisotopic (exact) mass is 526 g/mol. The molecule has 4 saturated heterocycles. The molecule has 8 heteroatoms. The topological polar surface area (TPSA) is 73.4 Å². The van der Waals surface area contributed by atoms with Crippen LogP contribution in [-0.2, 0) is 9.59 Å². The van der Waals surface area contributed by atoms with E-state index in [4.69, 9.17) is 4.74 Å². The van der Waals surface area contributed by atoms with Gasteiger partial charge in [-0.3, -0.25) is 14.4 Å². The van der Waals surface area contributed by atoms with Crippen molar-refractivity contribution in [3.63, 3.8) is 0 Å². The molecule has 0 bridgehead atoms. The minimum absolute atomic E-state index is 0.0264. The summed E-state index contributed by atoms with van der Waals surface area (Å²) in [6.45, 7) is 11.9. The fourth-order valence-electron chi connectivity index (χ4n) is 6.26. The molecule has 0 saturated carbocycles. The van der Waals surface area contributed by atoms with Gasteiger partial charge >= 0.3 is 0 Å². The van der Waals surface area contributed by atoms with Gasteiger partial charge in [0.15, 0.2) is 12.4 Å². The summed E-state index contributed by atoms with van der Waals surface area (Å²) >= 11 is 0. The Bertz CT molecular complexity index is 909. The van der Waals surface area contributed by atoms with E-state index in [1.165, 1.54) is 71.6 Å². The molecule has 1 aromatic carbocycles. The van der Waals surface area contributed by atoms with Gasteiger partial charge in [-0.2, -0.15) is 0 Å². The molecule has 0 N–H and O–H groups in total. The Hall–Kier alpha value is -2.45. The number of nitrogens with zero attached hydrogens (tertiary/aromatic N) is 4. The maximum Gasteiger partial charge on any atom is 0.260 e. The Balaban J connectivity index is 0.000000204. The lowest BCUT2D eigenvalue weighted by molar-refractivity contribution is -0.135. The first-order chi connectivity index (χ1) is 18.4. The number of carbonyl (C=O) groups excluding carboxylic acids is 3. The number of ether oxygens (including phenoxy) is 1. The molecule has 4 fully saturated rings. The van der Waals surface area contributed by atoms with Crippen LogP contribution in [0.4, 0.5) is 0 Å². The first-order valence-corrected chi connectivity index (χ1v) is 14.7. The van der Waals surface area contributed by atoms with Crippen molar-refractivity contribution in [1.29, 1.82) is 0 Å². The molecule has 8 nitrogen and oxygen atoms in total. The van der Waals surface area contributed by atoms with E-state index < -0.39 is 0 Å². The highest BCUT2D eigenvalue weighted by atomic mass is 16.5. The lowest BCUT2D eigenvalue weighted by atomic mass is 10.0. The largest absolute Gasteiger partial charge is 0.484 e. The van der Waals surface area contributed by atoms with Gasteiger partial charge in [-0.15, -0.1) is 0 Å². The van der Waals surface area contributed by atoms with Crippen molar-refractivity contribution in [2.45, 2.75) is 77.3 Å². The molecule has 0 aliphatic carbocycles. The van der Waals surface area contributed by atoms with E-state index in [1.54, 1.807) is 31.2 Å². The van der Waals surface area contributed by atoms with Crippen LogP contribution < -0.4 is 4.74 Å². The molecule has 5 rings (SSSR count). The van der Waals surface area contributed by atoms with Crippen LogP contribution in [0, 0.1) is 0 Å². The summed E-state index contributed by atoms with van der Waals surface area (Å²) in [5.74, 6) is 0.939. The average molecular weight is 527 g/mol. The van der Waals surface area contributed by atoms with E-state index in [-0.39, 0.29) is 24.2 Å². The van der Waals surface area contributed by atoms with Crippen molar-refractivity contribution < 1.29 is 19.1 Å². The second-order valence-electron chi connectivity index (χ2n) is 11.2. The minimum Gasteiger partial charge on any atom is -0.484 e. The number of carbonyl (C=O) groups is 3. The van der Waals surface area contributed by atoms with Crippen molar-refractivity contribution in [3.8, 4) is 5.75 Å². The Kier molecular flexibility index (Phi) is 10.6. The van der Waals surface area contributed by atoms with Gasteiger partial charge in [0.05, 0.1) is 0 Å². The number of piperidine rings is 2. The number of hydrogen-bond donors (Lipinski definition) is 0. The van der Waals surface area contributed by atoms with Gasteiger partial charge in [0.2, 0.25) is 5.91 Å². The molecule has 0 aromatic heterocycles. The van der Waals surface area contributed by atoms with E-state index in [1.807, 2.05) is 9.80 Å². The summed E-state index contributed by atoms with van der Waals surface area (Å²) in [4.78, 5) is 43.8. The normalized spacial score (nSPS) is 21.7. The number of rotatable bonds is 6. The summed E-state index contributed by atoms with van der Waals surface area (Å²) in [7, 11) is 0. The number of amides is 2. The van der Waals surface area contributed by atoms with Crippen molar-refractivity contribution in [3.05, 3.63) is 29.8 Å². The van der Waals surface area contributed by atoms with E-state index >= 15 is 0 Å². The summed E-state index contributed by atoms with van der Waals surface area (Å²) in [5, 5.41) is 0. The molecule has 0 atom stereocenters. The molecule has 4 aliphatic rings. The van der Waals surface area contributed by atoms with Crippen molar-refractivity contribution >= 4 is 17.6 Å². The molecule has 0 unspecified atom stereocenters. The Morgan fingerprint density at radius 2 is 1.13 bits per heavy atom. The van der Waals surface area contributed by atoms with Crippen LogP contribution in [0.25, 0.3) is 0 Å². The first-order valence-electron chi connectivity index (χ1n) is 14.7. The summed E-state index contributed by atoms with van der Waals surface area (Å²) in [6, 6.07) is 8.34. The highest BCUT2D eigenvalue weighted by molar-refractivity contribution is 5.94. The van der Waals surface area contributed by atoms with Crippen LogP contribution in [0.5, 0.6) is 5.75 Å². The quantitative estimate of drug-likeness (QED) is 0.529. The summed E-state index contributed by atoms with van der Waals surface area (Å²) < 4.78 is 5.57. The molecule has 0 spiro atoms. The average Bonchev–Trinajstić information content (AvgIpc) is 3.68. The number of benzene rings is 1. The zero-order valence-corrected chi connectivity index (χ0v) is 23.4. The van der Waals surface area contributed by atoms with Gasteiger partial charge in [0.1, 0.15) is 5.75 Å². The van der Waals surface area contributed by atoms with Crippen LogP contribution in [0.2, 0.25) is 0 Å². The van der Waals surface area contributed by atoms with Crippen molar-refractivity contribution in [1.82, 2.24) is 19.6 Å². The van der Waals surface area contributed by atoms with E-state index in [0.29, 0.717) is 17.4 Å². The molecule has 4 aliphatic heterocycles. The first kappa shape index (κ1) is 28.6. The predicted octanol–water partition coefficient (Wildman–Crippen LogP) is 3.45. The maximum absolute atomic E-state index is 12.3. The Morgan fingerprint density at radius 1 is 0.684 bits per heavy atom. The molecular formula is C30H46N4O4. The zero-order valence-electron chi connectivity index (χ0n) is 23.4. The minimum atomic E-state index is 0.0264. The van der Waals surface area contributed by atoms with Crippen molar-refractivity contribution in [2.24, 2.45) is 0 Å². The lowest BCUT2D eigenvalue weighted by Crippen LogP contribution is -2.47. The van der Waals surface area contributed by atoms with Crippen LogP contribution >= 0.6 is 0 Å². The highest BCUT2D eigenvalue weighted by Gasteiger charge is 2.29. The molecule has 210 valence electrons. The van der Waals surface area contributed by atoms with Gasteiger partial charge in [-0.25, -0.2) is 0 Å². The standard InChI is InChI=1S/C19H26N2O3.C11H20N2O/c1-15(22)16-4-6-18(7-5-16)24-14-19(23)21-12-8-17(9-13-21)20-10-2-3-11-20;1-10(14)12-8-4-11(5-9-12)13-6-2-3-7-13/h4-7,17H,2-3,8-14H2,1H3;11H,2-9H2,1H3. The van der Waals surface area contributed by atoms with E-state index in [9.17, 15) is 14.4 Å². The summed E-state index contributed by atoms with van der Waals surface area (Å²) in [6.07, 6.45) is 9.86. The SMILES string of the molecule is CC(=O)N1CCC(N2CCCC2)CC1.CC(=O)c1ccc(OCC(=O)N2CCC(N3CCCC3)CC2)cc1. The van der Waals surface area contributed by atoms with Gasteiger partial charge in [-0.05, 0) is 109 Å². The smallest absolute Gasteiger partial charge is 0.260 e. The van der Waals surface area contributed by atoms with E-state index in [0.717, 1.165) is 45.1 Å². The Morgan fingerprint density at radius 3 is 1.55 bits per heavy atom. The fraction of sp³-hybridized carbons (Fsp3) is 0.700. The van der Waals surface area contributed by atoms with E-state index in [2.05, 4.69) is 9.80 Å². The number of ketones is 1. The molecule has 1 aromatic rings. The second-order valence-corrected chi connectivity index (χ2v) is 11.2. The summed E-state index contributed by atoms with van der Waals surface area (Å²) in [5.41, 5.74) is 0.651. The van der Waals surface area contributed by atoms with Crippen LogP contribution in [-0.4, -0.2) is 108 Å². The molecule has 38 heavy (non-hydrogen) atoms. The maximum atomic E-state index is 12.3. The third kappa shape index (κ3) is 8.03. The predicted molar refractivity (Wildman–Crippen MR) is 148 cm³/mol. The van der Waals surface area contributed by atoms with Crippen LogP contribution in [0.3, 0.4) is 0 Å². The number of hydrogen-bond acceptors (Lipinski definition) is 6. The molecule has 2 amide bonds. The molecule has 0 radical (unpaired) electrons. The second kappa shape index (κ2) is 14.1. The van der Waals surface area contributed by atoms with Crippen molar-refractivity contribution in [2.75, 3.05) is 59.0 Å². The number of likely N-dealkylation sites (tertiary alicyclic amines) is 4. The van der Waals surface area contributed by atoms with Crippen LogP contribution in [0.15, 0.2) is 24.3 Å². The third-order valence-corrected chi connectivity index (χ3v) is 8.66.